The van der Waals surface area contributed by atoms with Gasteiger partial charge in [-0.1, -0.05) is 32.9 Å². The highest BCUT2D eigenvalue weighted by Gasteiger charge is 2.66. The number of phenolic OH excluding ortho intramolecular Hbond substituents is 1. The topological polar surface area (TPSA) is 89.9 Å². The Balaban J connectivity index is 2.26. The Morgan fingerprint density at radius 3 is 2.46 bits per heavy atom. The third-order valence-electron chi connectivity index (χ3n) is 5.71. The first-order chi connectivity index (χ1) is 11.1. The number of hydrogen-bond acceptors (Lipinski definition) is 3. The molecule has 2 atom stereocenters. The summed E-state index contributed by atoms with van der Waals surface area (Å²) in [6.07, 6.45) is 0.412. The average molecular weight is 332 g/mol. The van der Waals surface area contributed by atoms with Gasteiger partial charge in [-0.3, -0.25) is 9.69 Å². The highest BCUT2D eigenvalue weighted by atomic mass is 16.4. The summed E-state index contributed by atoms with van der Waals surface area (Å²) in [7, 11) is 0. The second-order valence-electron chi connectivity index (χ2n) is 7.82. The minimum Gasteiger partial charge on any atom is -0.508 e. The number of rotatable bonds is 1. The molecule has 130 valence electrons. The molecule has 0 bridgehead atoms. The third kappa shape index (κ3) is 2.01. The molecule has 2 aliphatic rings. The van der Waals surface area contributed by atoms with Crippen LogP contribution in [0.25, 0.3) is 0 Å². The van der Waals surface area contributed by atoms with Crippen molar-refractivity contribution < 1.29 is 19.8 Å². The van der Waals surface area contributed by atoms with E-state index in [1.165, 1.54) is 4.90 Å². The highest BCUT2D eigenvalue weighted by molar-refractivity contribution is 5.92. The molecule has 1 aromatic rings. The van der Waals surface area contributed by atoms with Crippen LogP contribution in [0.1, 0.15) is 45.6 Å². The van der Waals surface area contributed by atoms with Crippen molar-refractivity contribution in [1.29, 1.82) is 0 Å². The average Bonchev–Trinajstić information content (AvgIpc) is 3.02. The zero-order chi connectivity index (χ0) is 17.8. The SMILES string of the molecule is CC(C)(C)[C@@]1(c2cccc(O)c2)CC[C@]2(CCNC2=O)N1C(=O)O. The number of benzene rings is 1. The molecule has 2 amide bonds. The minimum absolute atomic E-state index is 0.0956. The molecule has 0 aromatic heterocycles. The first-order valence-electron chi connectivity index (χ1n) is 8.26. The van der Waals surface area contributed by atoms with Crippen LogP contribution in [0.4, 0.5) is 4.79 Å². The molecule has 1 spiro atoms. The summed E-state index contributed by atoms with van der Waals surface area (Å²) in [5.41, 5.74) is -1.62. The fourth-order valence-electron chi connectivity index (χ4n) is 4.62. The Bertz CT molecular complexity index is 697. The van der Waals surface area contributed by atoms with Crippen LogP contribution in [0.5, 0.6) is 5.75 Å². The molecular weight excluding hydrogens is 308 g/mol. The number of nitrogens with zero attached hydrogens (tertiary/aromatic N) is 1. The van der Waals surface area contributed by atoms with E-state index in [1.54, 1.807) is 18.2 Å². The number of hydrogen-bond donors (Lipinski definition) is 3. The maximum atomic E-state index is 12.6. The van der Waals surface area contributed by atoms with E-state index >= 15 is 0 Å². The van der Waals surface area contributed by atoms with Crippen molar-refractivity contribution in [3.63, 3.8) is 0 Å². The predicted molar refractivity (Wildman–Crippen MR) is 88.7 cm³/mol. The standard InChI is InChI=1S/C18H24N2O4/c1-16(2,3)18(12-5-4-6-13(21)11-12)8-7-17(20(18)15(23)24)9-10-19-14(17)22/h4-6,11,21H,7-10H2,1-3H3,(H,19,22)(H,23,24)/t17-,18+/m1/s1. The Hall–Kier alpha value is -2.24. The lowest BCUT2D eigenvalue weighted by molar-refractivity contribution is -0.131. The van der Waals surface area contributed by atoms with Gasteiger partial charge in [0.1, 0.15) is 11.3 Å². The molecule has 0 saturated carbocycles. The van der Waals surface area contributed by atoms with Crippen molar-refractivity contribution >= 4 is 12.0 Å². The monoisotopic (exact) mass is 332 g/mol. The van der Waals surface area contributed by atoms with Gasteiger partial charge < -0.3 is 15.5 Å². The van der Waals surface area contributed by atoms with Crippen molar-refractivity contribution in [2.75, 3.05) is 6.54 Å². The summed E-state index contributed by atoms with van der Waals surface area (Å²) in [4.78, 5) is 26.2. The summed E-state index contributed by atoms with van der Waals surface area (Å²) in [5, 5.41) is 22.8. The molecule has 2 aliphatic heterocycles. The van der Waals surface area contributed by atoms with E-state index in [-0.39, 0.29) is 11.7 Å². The lowest BCUT2D eigenvalue weighted by Crippen LogP contribution is -2.62. The minimum atomic E-state index is -1.09. The van der Waals surface area contributed by atoms with Crippen LogP contribution in [0, 0.1) is 5.41 Å². The van der Waals surface area contributed by atoms with Gasteiger partial charge in [0, 0.05) is 6.54 Å². The zero-order valence-corrected chi connectivity index (χ0v) is 14.3. The Morgan fingerprint density at radius 1 is 1.25 bits per heavy atom. The van der Waals surface area contributed by atoms with Gasteiger partial charge >= 0.3 is 6.09 Å². The molecule has 6 heteroatoms. The quantitative estimate of drug-likeness (QED) is 0.737. The van der Waals surface area contributed by atoms with Crippen molar-refractivity contribution in [3.05, 3.63) is 29.8 Å². The predicted octanol–water partition coefficient (Wildman–Crippen LogP) is 2.67. The molecule has 0 aliphatic carbocycles. The molecule has 3 rings (SSSR count). The maximum absolute atomic E-state index is 12.6. The van der Waals surface area contributed by atoms with E-state index < -0.39 is 22.6 Å². The van der Waals surface area contributed by atoms with Gasteiger partial charge in [0.15, 0.2) is 0 Å². The Morgan fingerprint density at radius 2 is 1.96 bits per heavy atom. The molecule has 6 nitrogen and oxygen atoms in total. The molecule has 0 radical (unpaired) electrons. The van der Waals surface area contributed by atoms with Gasteiger partial charge in [0.2, 0.25) is 5.91 Å². The van der Waals surface area contributed by atoms with Gasteiger partial charge in [-0.2, -0.15) is 0 Å². The van der Waals surface area contributed by atoms with E-state index in [9.17, 15) is 19.8 Å². The summed E-state index contributed by atoms with van der Waals surface area (Å²) in [5.74, 6) is -0.116. The first kappa shape index (κ1) is 16.6. The second kappa shape index (κ2) is 5.13. The highest BCUT2D eigenvalue weighted by Crippen LogP contribution is 2.58. The lowest BCUT2D eigenvalue weighted by Gasteiger charge is -2.50. The normalized spacial score (nSPS) is 30.0. The van der Waals surface area contributed by atoms with Crippen LogP contribution in [-0.2, 0) is 10.3 Å². The summed E-state index contributed by atoms with van der Waals surface area (Å²) in [6.45, 7) is 6.44. The van der Waals surface area contributed by atoms with E-state index in [2.05, 4.69) is 5.32 Å². The third-order valence-corrected chi connectivity index (χ3v) is 5.71. The number of carboxylic acid groups (broad SMARTS) is 1. The van der Waals surface area contributed by atoms with Gasteiger partial charge in [-0.05, 0) is 42.4 Å². The maximum Gasteiger partial charge on any atom is 0.408 e. The number of amides is 2. The molecule has 2 heterocycles. The van der Waals surface area contributed by atoms with Crippen molar-refractivity contribution in [2.45, 2.75) is 51.1 Å². The van der Waals surface area contributed by atoms with Crippen LogP contribution in [-0.4, -0.2) is 39.2 Å². The number of aromatic hydroxyl groups is 1. The van der Waals surface area contributed by atoms with Gasteiger partial charge in [-0.15, -0.1) is 0 Å². The summed E-state index contributed by atoms with van der Waals surface area (Å²) >= 11 is 0. The molecule has 2 fully saturated rings. The van der Waals surface area contributed by atoms with Gasteiger partial charge in [-0.25, -0.2) is 4.79 Å². The molecule has 3 N–H and O–H groups in total. The van der Waals surface area contributed by atoms with Crippen molar-refractivity contribution in [3.8, 4) is 5.75 Å². The summed E-state index contributed by atoms with van der Waals surface area (Å²) < 4.78 is 0. The second-order valence-corrected chi connectivity index (χ2v) is 7.82. The fourth-order valence-corrected chi connectivity index (χ4v) is 4.62. The van der Waals surface area contributed by atoms with Crippen LogP contribution in [0.15, 0.2) is 24.3 Å². The molecule has 0 unspecified atom stereocenters. The lowest BCUT2D eigenvalue weighted by atomic mass is 9.67. The number of phenols is 1. The van der Waals surface area contributed by atoms with Crippen LogP contribution in [0.3, 0.4) is 0 Å². The smallest absolute Gasteiger partial charge is 0.408 e. The van der Waals surface area contributed by atoms with Crippen LogP contribution in [0.2, 0.25) is 0 Å². The molecule has 24 heavy (non-hydrogen) atoms. The Kier molecular flexibility index (Phi) is 3.55. The molecular formula is C18H24N2O4. The molecule has 1 aromatic carbocycles. The Labute approximate surface area is 141 Å². The van der Waals surface area contributed by atoms with E-state index in [1.807, 2.05) is 26.8 Å². The largest absolute Gasteiger partial charge is 0.508 e. The molecule has 2 saturated heterocycles. The first-order valence-corrected chi connectivity index (χ1v) is 8.26. The van der Waals surface area contributed by atoms with Crippen LogP contribution < -0.4 is 5.32 Å². The number of nitrogens with one attached hydrogen (secondary N) is 1. The van der Waals surface area contributed by atoms with E-state index in [0.717, 1.165) is 5.56 Å². The zero-order valence-electron chi connectivity index (χ0n) is 14.3. The number of likely N-dealkylation sites (tertiary alicyclic amines) is 1. The van der Waals surface area contributed by atoms with E-state index in [4.69, 9.17) is 0 Å². The number of carbonyl (C=O) groups excluding carboxylic acids is 1. The van der Waals surface area contributed by atoms with Crippen molar-refractivity contribution in [1.82, 2.24) is 10.2 Å². The van der Waals surface area contributed by atoms with Crippen LogP contribution >= 0.6 is 0 Å². The number of carbonyl (C=O) groups is 2. The van der Waals surface area contributed by atoms with Gasteiger partial charge in [0.25, 0.3) is 0 Å². The fraction of sp³-hybridized carbons (Fsp3) is 0.556. The van der Waals surface area contributed by atoms with Crippen molar-refractivity contribution in [2.24, 2.45) is 5.41 Å². The summed E-state index contributed by atoms with van der Waals surface area (Å²) in [6, 6.07) is 6.75. The van der Waals surface area contributed by atoms with E-state index in [0.29, 0.717) is 25.8 Å². The van der Waals surface area contributed by atoms with Gasteiger partial charge in [0.05, 0.1) is 5.54 Å².